The number of ether oxygens (including phenoxy) is 1. The second-order valence-corrected chi connectivity index (χ2v) is 6.78. The Morgan fingerprint density at radius 2 is 2.13 bits per heavy atom. The van der Waals surface area contributed by atoms with Gasteiger partial charge in [-0.2, -0.15) is 11.3 Å². The van der Waals surface area contributed by atoms with Gasteiger partial charge in [-0.3, -0.25) is 4.79 Å². The highest BCUT2D eigenvalue weighted by molar-refractivity contribution is 7.08. The number of carbonyl (C=O) groups excluding carboxylic acids is 2. The number of benzene rings is 1. The molecule has 0 radical (unpaired) electrons. The van der Waals surface area contributed by atoms with E-state index in [-0.39, 0.29) is 11.9 Å². The van der Waals surface area contributed by atoms with Gasteiger partial charge in [0.05, 0.1) is 11.6 Å². The van der Waals surface area contributed by atoms with Crippen LogP contribution in [0.5, 0.6) is 0 Å². The number of rotatable bonds is 2. The summed E-state index contributed by atoms with van der Waals surface area (Å²) >= 11 is 1.64. The molecule has 0 bridgehead atoms. The number of likely N-dealkylation sites (tertiary alicyclic amines) is 1. The second kappa shape index (κ2) is 5.81. The van der Waals surface area contributed by atoms with E-state index >= 15 is 0 Å². The molecule has 0 N–H and O–H groups in total. The van der Waals surface area contributed by atoms with Crippen molar-refractivity contribution in [2.45, 2.75) is 31.4 Å². The maximum Gasteiger partial charge on any atom is 0.339 e. The van der Waals surface area contributed by atoms with Gasteiger partial charge in [-0.1, -0.05) is 18.2 Å². The summed E-state index contributed by atoms with van der Waals surface area (Å²) in [7, 11) is 0. The third-order valence-corrected chi connectivity index (χ3v) is 5.33. The van der Waals surface area contributed by atoms with Crippen LogP contribution in [0.25, 0.3) is 0 Å². The lowest BCUT2D eigenvalue weighted by Crippen LogP contribution is -2.44. The van der Waals surface area contributed by atoms with Crippen LogP contribution in [0.15, 0.2) is 41.1 Å². The zero-order chi connectivity index (χ0) is 15.8. The maximum atomic E-state index is 12.9. The van der Waals surface area contributed by atoms with E-state index in [0.29, 0.717) is 12.0 Å². The van der Waals surface area contributed by atoms with E-state index in [4.69, 9.17) is 4.74 Å². The lowest BCUT2D eigenvalue weighted by atomic mass is 9.97. The summed E-state index contributed by atoms with van der Waals surface area (Å²) in [6.45, 7) is 0.731. The smallest absolute Gasteiger partial charge is 0.339 e. The minimum atomic E-state index is -0.698. The van der Waals surface area contributed by atoms with Gasteiger partial charge >= 0.3 is 5.97 Å². The van der Waals surface area contributed by atoms with Crippen molar-refractivity contribution in [1.29, 1.82) is 0 Å². The van der Waals surface area contributed by atoms with Crippen LogP contribution in [-0.4, -0.2) is 29.4 Å². The molecule has 3 heterocycles. The third kappa shape index (κ3) is 2.55. The summed E-state index contributed by atoms with van der Waals surface area (Å²) < 4.78 is 5.43. The topological polar surface area (TPSA) is 46.6 Å². The first-order valence-electron chi connectivity index (χ1n) is 7.85. The number of esters is 1. The summed E-state index contributed by atoms with van der Waals surface area (Å²) in [6, 6.07) is 9.55. The van der Waals surface area contributed by atoms with Crippen LogP contribution in [-0.2, 0) is 16.0 Å². The van der Waals surface area contributed by atoms with Crippen LogP contribution in [0.2, 0.25) is 0 Å². The first-order valence-corrected chi connectivity index (χ1v) is 8.80. The van der Waals surface area contributed by atoms with E-state index < -0.39 is 12.1 Å². The molecule has 2 aliphatic rings. The maximum absolute atomic E-state index is 12.9. The largest absolute Gasteiger partial charge is 0.448 e. The Kier molecular flexibility index (Phi) is 3.65. The second-order valence-electron chi connectivity index (χ2n) is 6.00. The van der Waals surface area contributed by atoms with Crippen molar-refractivity contribution in [1.82, 2.24) is 4.90 Å². The standard InChI is InChI=1S/C18H17NO3S/c20-17(19-8-3-6-15(19)13-7-9-23-11-13)16-10-12-4-1-2-5-14(12)18(21)22-16/h1-2,4-5,7,9,11,15-16H,3,6,8,10H2. The molecule has 1 saturated heterocycles. The van der Waals surface area contributed by atoms with E-state index in [1.165, 1.54) is 5.56 Å². The molecule has 4 rings (SSSR count). The van der Waals surface area contributed by atoms with Gasteiger partial charge < -0.3 is 9.64 Å². The Morgan fingerprint density at radius 1 is 1.26 bits per heavy atom. The number of hydrogen-bond donors (Lipinski definition) is 0. The third-order valence-electron chi connectivity index (χ3n) is 4.63. The fourth-order valence-electron chi connectivity index (χ4n) is 3.50. The SMILES string of the molecule is O=C1OC(C(=O)N2CCCC2c2ccsc2)Cc2ccccc21. The molecule has 4 nitrogen and oxygen atoms in total. The molecule has 2 atom stereocenters. The first kappa shape index (κ1) is 14.5. The Bertz CT molecular complexity index is 740. The van der Waals surface area contributed by atoms with Crippen molar-refractivity contribution in [3.8, 4) is 0 Å². The zero-order valence-electron chi connectivity index (χ0n) is 12.6. The van der Waals surface area contributed by atoms with Gasteiger partial charge in [-0.05, 0) is 46.9 Å². The quantitative estimate of drug-likeness (QED) is 0.796. The van der Waals surface area contributed by atoms with E-state index in [1.807, 2.05) is 28.5 Å². The monoisotopic (exact) mass is 327 g/mol. The van der Waals surface area contributed by atoms with E-state index in [2.05, 4.69) is 11.4 Å². The molecule has 23 heavy (non-hydrogen) atoms. The number of thiophene rings is 1. The molecule has 2 aliphatic heterocycles. The van der Waals surface area contributed by atoms with E-state index in [0.717, 1.165) is 24.9 Å². The highest BCUT2D eigenvalue weighted by Gasteiger charge is 2.38. The van der Waals surface area contributed by atoms with Crippen molar-refractivity contribution >= 4 is 23.2 Å². The minimum absolute atomic E-state index is 0.0680. The normalized spacial score (nSPS) is 23.5. The molecule has 2 aromatic rings. The molecule has 2 unspecified atom stereocenters. The summed E-state index contributed by atoms with van der Waals surface area (Å²) in [5, 5.41) is 4.13. The number of fused-ring (bicyclic) bond motifs is 1. The van der Waals surface area contributed by atoms with E-state index in [1.54, 1.807) is 17.4 Å². The van der Waals surface area contributed by atoms with Gasteiger partial charge in [0.15, 0.2) is 6.10 Å². The highest BCUT2D eigenvalue weighted by Crippen LogP contribution is 2.34. The predicted octanol–water partition coefficient (Wildman–Crippen LogP) is 3.19. The number of hydrogen-bond acceptors (Lipinski definition) is 4. The van der Waals surface area contributed by atoms with Crippen molar-refractivity contribution in [3.05, 3.63) is 57.8 Å². The van der Waals surface area contributed by atoms with Crippen molar-refractivity contribution < 1.29 is 14.3 Å². The number of nitrogens with zero attached hydrogens (tertiary/aromatic N) is 1. The molecule has 0 saturated carbocycles. The van der Waals surface area contributed by atoms with Gasteiger partial charge in [0, 0.05) is 13.0 Å². The van der Waals surface area contributed by atoms with Crippen LogP contribution >= 0.6 is 11.3 Å². The van der Waals surface area contributed by atoms with Crippen LogP contribution in [0.3, 0.4) is 0 Å². The summed E-state index contributed by atoms with van der Waals surface area (Å²) in [6.07, 6.45) is 1.73. The molecular weight excluding hydrogens is 310 g/mol. The molecule has 0 spiro atoms. The molecule has 1 fully saturated rings. The van der Waals surface area contributed by atoms with Gasteiger partial charge in [-0.15, -0.1) is 0 Å². The fourth-order valence-corrected chi connectivity index (χ4v) is 4.20. The predicted molar refractivity (Wildman–Crippen MR) is 87.4 cm³/mol. The Morgan fingerprint density at radius 3 is 2.96 bits per heavy atom. The van der Waals surface area contributed by atoms with Gasteiger partial charge in [0.25, 0.3) is 5.91 Å². The van der Waals surface area contributed by atoms with Crippen molar-refractivity contribution in [2.24, 2.45) is 0 Å². The highest BCUT2D eigenvalue weighted by atomic mass is 32.1. The van der Waals surface area contributed by atoms with Crippen molar-refractivity contribution in [2.75, 3.05) is 6.54 Å². The molecule has 5 heteroatoms. The van der Waals surface area contributed by atoms with E-state index in [9.17, 15) is 9.59 Å². The average Bonchev–Trinajstić information content (AvgIpc) is 3.25. The number of cyclic esters (lactones) is 1. The lowest BCUT2D eigenvalue weighted by molar-refractivity contribution is -0.142. The minimum Gasteiger partial charge on any atom is -0.448 e. The molecule has 0 aliphatic carbocycles. The van der Waals surface area contributed by atoms with Gasteiger partial charge in [-0.25, -0.2) is 4.79 Å². The number of carbonyl (C=O) groups is 2. The molecule has 1 aromatic heterocycles. The number of amides is 1. The van der Waals surface area contributed by atoms with Crippen LogP contribution in [0.4, 0.5) is 0 Å². The Labute approximate surface area is 138 Å². The van der Waals surface area contributed by atoms with Crippen LogP contribution in [0, 0.1) is 0 Å². The first-order chi connectivity index (χ1) is 11.2. The lowest BCUT2D eigenvalue weighted by Gasteiger charge is -2.30. The van der Waals surface area contributed by atoms with Gasteiger partial charge in [0.2, 0.25) is 0 Å². The summed E-state index contributed by atoms with van der Waals surface area (Å²) in [5.74, 6) is -0.460. The van der Waals surface area contributed by atoms with Crippen molar-refractivity contribution in [3.63, 3.8) is 0 Å². The molecule has 1 amide bonds. The Hall–Kier alpha value is -2.14. The average molecular weight is 327 g/mol. The van der Waals surface area contributed by atoms with Crippen LogP contribution in [0.1, 0.15) is 40.4 Å². The summed E-state index contributed by atoms with van der Waals surface area (Å²) in [4.78, 5) is 26.9. The fraction of sp³-hybridized carbons (Fsp3) is 0.333. The molecule has 1 aromatic carbocycles. The summed E-state index contributed by atoms with van der Waals surface area (Å²) in [5.41, 5.74) is 2.66. The van der Waals surface area contributed by atoms with Crippen LogP contribution < -0.4 is 0 Å². The Balaban J connectivity index is 1.57. The van der Waals surface area contributed by atoms with Gasteiger partial charge in [0.1, 0.15) is 0 Å². The molecule has 118 valence electrons. The molecular formula is C18H17NO3S. The zero-order valence-corrected chi connectivity index (χ0v) is 13.4.